The first-order valence-electron chi connectivity index (χ1n) is 8.42. The summed E-state index contributed by atoms with van der Waals surface area (Å²) in [6.45, 7) is 2.90. The van der Waals surface area contributed by atoms with E-state index in [4.69, 9.17) is 4.74 Å². The number of nitriles is 1. The Labute approximate surface area is 142 Å². The van der Waals surface area contributed by atoms with Crippen LogP contribution in [0.15, 0.2) is 12.3 Å². The van der Waals surface area contributed by atoms with Gasteiger partial charge in [-0.1, -0.05) is 0 Å². The number of ether oxygens (including phenoxy) is 1. The molecule has 2 N–H and O–H groups in total. The number of piperidine rings is 2. The molecule has 7 nitrogen and oxygen atoms in total. The number of aliphatic hydroxyl groups excluding tert-OH is 2. The molecule has 24 heavy (non-hydrogen) atoms. The lowest BCUT2D eigenvalue weighted by atomic mass is 9.96. The molecule has 0 bridgehead atoms. The summed E-state index contributed by atoms with van der Waals surface area (Å²) >= 11 is 0. The maximum absolute atomic E-state index is 10.6. The standard InChI is InChI=1S/C17H24N4O3/c1-24-17-13(10-18)14(2-6-19-17)21-9-5-15(16(23)11-21)20-7-3-12(22)4-8-20/h2,6,12,15-16,22-23H,3-5,7-9,11H2,1H3/t15-,16-/m1/s1. The highest BCUT2D eigenvalue weighted by Crippen LogP contribution is 2.30. The van der Waals surface area contributed by atoms with E-state index in [0.717, 1.165) is 44.6 Å². The summed E-state index contributed by atoms with van der Waals surface area (Å²) in [5.74, 6) is 0.316. The second-order valence-corrected chi connectivity index (χ2v) is 6.46. The van der Waals surface area contributed by atoms with Gasteiger partial charge in [0.05, 0.1) is 25.0 Å². The summed E-state index contributed by atoms with van der Waals surface area (Å²) in [5.41, 5.74) is 1.17. The number of nitrogens with zero attached hydrogens (tertiary/aromatic N) is 4. The fraction of sp³-hybridized carbons (Fsp3) is 0.647. The average molecular weight is 332 g/mol. The smallest absolute Gasteiger partial charge is 0.233 e. The Morgan fingerprint density at radius 1 is 1.25 bits per heavy atom. The minimum absolute atomic E-state index is 0.114. The Bertz CT molecular complexity index is 610. The third kappa shape index (κ3) is 3.31. The molecule has 1 aromatic rings. The van der Waals surface area contributed by atoms with E-state index >= 15 is 0 Å². The zero-order chi connectivity index (χ0) is 17.1. The number of likely N-dealkylation sites (tertiary alicyclic amines) is 1. The number of rotatable bonds is 3. The van der Waals surface area contributed by atoms with Gasteiger partial charge in [-0.05, 0) is 25.3 Å². The van der Waals surface area contributed by atoms with Crippen LogP contribution in [-0.2, 0) is 0 Å². The minimum atomic E-state index is -0.486. The first-order valence-corrected chi connectivity index (χ1v) is 8.42. The van der Waals surface area contributed by atoms with Gasteiger partial charge in [0.2, 0.25) is 5.88 Å². The lowest BCUT2D eigenvalue weighted by molar-refractivity contribution is -0.000133. The fourth-order valence-electron chi connectivity index (χ4n) is 3.74. The summed E-state index contributed by atoms with van der Waals surface area (Å²) in [7, 11) is 1.50. The molecule has 0 saturated carbocycles. The zero-order valence-corrected chi connectivity index (χ0v) is 13.9. The predicted octanol–water partition coefficient (Wildman–Crippen LogP) is 0.358. The third-order valence-electron chi connectivity index (χ3n) is 5.05. The van der Waals surface area contributed by atoms with Crippen molar-refractivity contribution in [1.29, 1.82) is 5.26 Å². The number of hydrogen-bond donors (Lipinski definition) is 2. The van der Waals surface area contributed by atoms with Crippen molar-refractivity contribution in [3.63, 3.8) is 0 Å². The molecule has 0 amide bonds. The van der Waals surface area contributed by atoms with Crippen LogP contribution in [0.25, 0.3) is 0 Å². The Morgan fingerprint density at radius 2 is 2.00 bits per heavy atom. The number of β-amino-alcohol motifs (C(OH)–C–C–N with tert-alkyl or cyclic N) is 1. The van der Waals surface area contributed by atoms with E-state index in [1.165, 1.54) is 7.11 Å². The van der Waals surface area contributed by atoms with Gasteiger partial charge in [-0.2, -0.15) is 5.26 Å². The van der Waals surface area contributed by atoms with E-state index in [1.54, 1.807) is 12.3 Å². The van der Waals surface area contributed by atoms with Gasteiger partial charge in [0.15, 0.2) is 0 Å². The van der Waals surface area contributed by atoms with Gasteiger partial charge >= 0.3 is 0 Å². The first kappa shape index (κ1) is 17.0. The molecule has 2 aliphatic rings. The van der Waals surface area contributed by atoms with Gasteiger partial charge in [0.1, 0.15) is 11.6 Å². The zero-order valence-electron chi connectivity index (χ0n) is 13.9. The van der Waals surface area contributed by atoms with Gasteiger partial charge in [0.25, 0.3) is 0 Å². The molecule has 7 heteroatoms. The van der Waals surface area contributed by atoms with Crippen LogP contribution in [-0.4, -0.2) is 71.6 Å². The molecule has 0 aromatic carbocycles. The van der Waals surface area contributed by atoms with Crippen LogP contribution >= 0.6 is 0 Å². The highest BCUT2D eigenvalue weighted by molar-refractivity contribution is 5.63. The molecule has 0 aliphatic carbocycles. The minimum Gasteiger partial charge on any atom is -0.480 e. The number of anilines is 1. The van der Waals surface area contributed by atoms with Crippen LogP contribution < -0.4 is 9.64 Å². The van der Waals surface area contributed by atoms with Crippen LogP contribution in [0.2, 0.25) is 0 Å². The van der Waals surface area contributed by atoms with E-state index in [1.807, 2.05) is 4.90 Å². The van der Waals surface area contributed by atoms with E-state index in [0.29, 0.717) is 18.0 Å². The number of aromatic nitrogens is 1. The largest absolute Gasteiger partial charge is 0.480 e. The fourth-order valence-corrected chi connectivity index (χ4v) is 3.74. The van der Waals surface area contributed by atoms with Crippen LogP contribution in [0.4, 0.5) is 5.69 Å². The van der Waals surface area contributed by atoms with Crippen molar-refractivity contribution < 1.29 is 14.9 Å². The van der Waals surface area contributed by atoms with Gasteiger partial charge in [-0.25, -0.2) is 4.98 Å². The molecule has 3 rings (SSSR count). The lowest BCUT2D eigenvalue weighted by Crippen LogP contribution is -2.56. The van der Waals surface area contributed by atoms with Crippen LogP contribution in [0, 0.1) is 11.3 Å². The molecule has 0 spiro atoms. The van der Waals surface area contributed by atoms with E-state index in [9.17, 15) is 15.5 Å². The van der Waals surface area contributed by atoms with Gasteiger partial charge in [0, 0.05) is 38.4 Å². The van der Waals surface area contributed by atoms with Crippen molar-refractivity contribution in [1.82, 2.24) is 9.88 Å². The van der Waals surface area contributed by atoms with Crippen molar-refractivity contribution in [2.45, 2.75) is 37.5 Å². The predicted molar refractivity (Wildman–Crippen MR) is 88.9 cm³/mol. The molecule has 2 saturated heterocycles. The summed E-state index contributed by atoms with van der Waals surface area (Å²) < 4.78 is 5.17. The normalized spacial score (nSPS) is 26.2. The molecule has 2 fully saturated rings. The van der Waals surface area contributed by atoms with Gasteiger partial charge in [-0.15, -0.1) is 0 Å². The quantitative estimate of drug-likeness (QED) is 0.825. The summed E-state index contributed by atoms with van der Waals surface area (Å²) in [6, 6.07) is 4.07. The monoisotopic (exact) mass is 332 g/mol. The molecule has 1 aromatic heterocycles. The lowest BCUT2D eigenvalue weighted by Gasteiger charge is -2.44. The second-order valence-electron chi connectivity index (χ2n) is 6.46. The van der Waals surface area contributed by atoms with Crippen LogP contribution in [0.5, 0.6) is 5.88 Å². The van der Waals surface area contributed by atoms with Gasteiger partial charge < -0.3 is 19.8 Å². The maximum Gasteiger partial charge on any atom is 0.233 e. The van der Waals surface area contributed by atoms with E-state index < -0.39 is 6.10 Å². The molecule has 0 unspecified atom stereocenters. The molecule has 2 aliphatic heterocycles. The average Bonchev–Trinajstić information content (AvgIpc) is 2.61. The summed E-state index contributed by atoms with van der Waals surface area (Å²) in [4.78, 5) is 8.39. The highest BCUT2D eigenvalue weighted by atomic mass is 16.5. The maximum atomic E-state index is 10.6. The molecule has 2 atom stereocenters. The van der Waals surface area contributed by atoms with E-state index in [2.05, 4.69) is 16.0 Å². The van der Waals surface area contributed by atoms with Gasteiger partial charge in [-0.3, -0.25) is 4.90 Å². The first-order chi connectivity index (χ1) is 11.6. The Hall–Kier alpha value is -1.88. The number of methoxy groups -OCH3 is 1. The Balaban J connectivity index is 1.71. The van der Waals surface area contributed by atoms with Crippen LogP contribution in [0.3, 0.4) is 0 Å². The Kier molecular flexibility index (Phi) is 5.19. The van der Waals surface area contributed by atoms with Crippen molar-refractivity contribution in [3.05, 3.63) is 17.8 Å². The molecular formula is C17H24N4O3. The molecule has 3 heterocycles. The third-order valence-corrected chi connectivity index (χ3v) is 5.05. The highest BCUT2D eigenvalue weighted by Gasteiger charge is 2.34. The second kappa shape index (κ2) is 7.34. The van der Waals surface area contributed by atoms with Crippen molar-refractivity contribution in [2.75, 3.05) is 38.2 Å². The van der Waals surface area contributed by atoms with E-state index in [-0.39, 0.29) is 12.1 Å². The number of hydrogen-bond acceptors (Lipinski definition) is 7. The Morgan fingerprint density at radius 3 is 2.62 bits per heavy atom. The number of pyridine rings is 1. The van der Waals surface area contributed by atoms with Crippen LogP contribution in [0.1, 0.15) is 24.8 Å². The van der Waals surface area contributed by atoms with Crippen molar-refractivity contribution >= 4 is 5.69 Å². The summed E-state index contributed by atoms with van der Waals surface area (Å²) in [5, 5.41) is 29.7. The number of aliphatic hydroxyl groups is 2. The molecular weight excluding hydrogens is 308 g/mol. The van der Waals surface area contributed by atoms with Crippen molar-refractivity contribution in [3.8, 4) is 11.9 Å². The van der Waals surface area contributed by atoms with Crippen molar-refractivity contribution in [2.24, 2.45) is 0 Å². The molecule has 130 valence electrons. The molecule has 0 radical (unpaired) electrons. The topological polar surface area (TPSA) is 92.8 Å². The SMILES string of the molecule is COc1nccc(N2CC[C@@H](N3CCC(O)CC3)[C@H](O)C2)c1C#N. The summed E-state index contributed by atoms with van der Waals surface area (Å²) in [6.07, 6.45) is 3.30.